The van der Waals surface area contributed by atoms with Crippen molar-refractivity contribution < 1.29 is 9.90 Å². The Labute approximate surface area is 132 Å². The van der Waals surface area contributed by atoms with Crippen LogP contribution in [0.3, 0.4) is 0 Å². The van der Waals surface area contributed by atoms with E-state index in [1.165, 1.54) is 17.5 Å². The maximum absolute atomic E-state index is 12.0. The number of hydrogen-bond acceptors (Lipinski definition) is 7. The summed E-state index contributed by atoms with van der Waals surface area (Å²) in [6, 6.07) is 1.76. The Bertz CT molecular complexity index is 621. The van der Waals surface area contributed by atoms with Gasteiger partial charge in [-0.15, -0.1) is 11.3 Å². The molecule has 3 rings (SSSR count). The lowest BCUT2D eigenvalue weighted by Gasteiger charge is -2.39. The number of nitrogens with zero attached hydrogens (tertiary/aromatic N) is 4. The average molecular weight is 319 g/mol. The first kappa shape index (κ1) is 14.9. The lowest BCUT2D eigenvalue weighted by molar-refractivity contribution is 0.0253. The highest BCUT2D eigenvalue weighted by atomic mass is 32.1. The molecule has 0 unspecified atom stereocenters. The minimum atomic E-state index is -0.974. The number of thiazole rings is 1. The van der Waals surface area contributed by atoms with Gasteiger partial charge in [-0.2, -0.15) is 0 Å². The lowest BCUT2D eigenvalue weighted by Crippen LogP contribution is -2.54. The smallest absolute Gasteiger partial charge is 0.263 e. The molecule has 1 fully saturated rings. The van der Waals surface area contributed by atoms with Crippen molar-refractivity contribution in [2.24, 2.45) is 0 Å². The van der Waals surface area contributed by atoms with Gasteiger partial charge >= 0.3 is 0 Å². The quantitative estimate of drug-likeness (QED) is 0.862. The molecule has 1 aliphatic rings. The van der Waals surface area contributed by atoms with Gasteiger partial charge in [0.15, 0.2) is 0 Å². The van der Waals surface area contributed by atoms with Crippen molar-refractivity contribution in [3.8, 4) is 0 Å². The van der Waals surface area contributed by atoms with E-state index in [-0.39, 0.29) is 12.5 Å². The van der Waals surface area contributed by atoms with Crippen LogP contribution in [0.25, 0.3) is 0 Å². The predicted octanol–water partition coefficient (Wildman–Crippen LogP) is 0.694. The van der Waals surface area contributed by atoms with Crippen molar-refractivity contribution in [2.75, 3.05) is 24.5 Å². The van der Waals surface area contributed by atoms with Crippen LogP contribution < -0.4 is 10.2 Å². The molecule has 0 saturated carbocycles. The molecule has 2 aromatic rings. The zero-order valence-electron chi connectivity index (χ0n) is 12.0. The molecule has 0 bridgehead atoms. The third-order valence-electron chi connectivity index (χ3n) is 3.62. The fourth-order valence-electron chi connectivity index (χ4n) is 2.54. The van der Waals surface area contributed by atoms with Gasteiger partial charge in [-0.25, -0.2) is 9.97 Å². The van der Waals surface area contributed by atoms with Gasteiger partial charge in [0, 0.05) is 25.5 Å². The van der Waals surface area contributed by atoms with E-state index in [2.05, 4.69) is 20.3 Å². The van der Waals surface area contributed by atoms with Crippen LogP contribution in [0.5, 0.6) is 0 Å². The Morgan fingerprint density at radius 1 is 1.45 bits per heavy atom. The standard InChI is InChI=1S/C14H17N5O2S/c20-12(11-7-15-10-22-11)18-8-14(21)3-1-6-19(9-14)13-16-4-2-5-17-13/h2,4-5,7,10,21H,1,3,6,8-9H2,(H,18,20)/t14-/m1/s1. The molecule has 2 aromatic heterocycles. The van der Waals surface area contributed by atoms with Crippen LogP contribution in [0, 0.1) is 0 Å². The van der Waals surface area contributed by atoms with Gasteiger partial charge in [0.05, 0.1) is 23.9 Å². The van der Waals surface area contributed by atoms with Gasteiger partial charge in [0.1, 0.15) is 4.88 Å². The lowest BCUT2D eigenvalue weighted by atomic mass is 9.93. The minimum absolute atomic E-state index is 0.201. The largest absolute Gasteiger partial charge is 0.386 e. The Morgan fingerprint density at radius 3 is 3.00 bits per heavy atom. The van der Waals surface area contributed by atoms with Crippen LogP contribution in [0.15, 0.2) is 30.2 Å². The van der Waals surface area contributed by atoms with E-state index in [0.29, 0.717) is 23.8 Å². The Kier molecular flexibility index (Phi) is 4.30. The van der Waals surface area contributed by atoms with Gasteiger partial charge < -0.3 is 15.3 Å². The molecule has 7 nitrogen and oxygen atoms in total. The molecular weight excluding hydrogens is 302 g/mol. The molecule has 116 valence electrons. The second-order valence-electron chi connectivity index (χ2n) is 5.35. The van der Waals surface area contributed by atoms with Crippen molar-refractivity contribution >= 4 is 23.2 Å². The summed E-state index contributed by atoms with van der Waals surface area (Å²) in [5.74, 6) is 0.401. The minimum Gasteiger partial charge on any atom is -0.386 e. The number of rotatable bonds is 4. The molecule has 2 N–H and O–H groups in total. The Hall–Kier alpha value is -2.06. The first-order valence-corrected chi connectivity index (χ1v) is 7.95. The molecular formula is C14H17N5O2S. The summed E-state index contributed by atoms with van der Waals surface area (Å²) in [6.07, 6.45) is 6.35. The average Bonchev–Trinajstić information content (AvgIpc) is 3.08. The number of hydrogen-bond donors (Lipinski definition) is 2. The number of carbonyl (C=O) groups is 1. The zero-order valence-corrected chi connectivity index (χ0v) is 12.8. The molecule has 3 heterocycles. The van der Waals surface area contributed by atoms with Gasteiger partial charge in [0.2, 0.25) is 5.95 Å². The van der Waals surface area contributed by atoms with Gasteiger partial charge in [-0.3, -0.25) is 9.78 Å². The van der Waals surface area contributed by atoms with Crippen molar-refractivity contribution in [1.82, 2.24) is 20.3 Å². The Balaban J connectivity index is 1.61. The van der Waals surface area contributed by atoms with E-state index in [1.54, 1.807) is 24.0 Å². The monoisotopic (exact) mass is 319 g/mol. The van der Waals surface area contributed by atoms with Crippen LogP contribution in [0.1, 0.15) is 22.5 Å². The molecule has 1 amide bonds. The van der Waals surface area contributed by atoms with Crippen molar-refractivity contribution in [2.45, 2.75) is 18.4 Å². The molecule has 1 atom stereocenters. The highest BCUT2D eigenvalue weighted by molar-refractivity contribution is 7.11. The van der Waals surface area contributed by atoms with Crippen LogP contribution in [0.2, 0.25) is 0 Å². The first-order chi connectivity index (χ1) is 10.7. The molecule has 0 radical (unpaired) electrons. The highest BCUT2D eigenvalue weighted by Gasteiger charge is 2.34. The number of amides is 1. The van der Waals surface area contributed by atoms with Crippen molar-refractivity contribution in [3.05, 3.63) is 35.0 Å². The number of β-amino-alcohol motifs (C(OH)–C–C–N with tert-alkyl or cyclic N) is 1. The Morgan fingerprint density at radius 2 is 2.27 bits per heavy atom. The molecule has 0 spiro atoms. The number of anilines is 1. The third kappa shape index (κ3) is 3.40. The molecule has 0 aliphatic carbocycles. The summed E-state index contributed by atoms with van der Waals surface area (Å²) in [6.45, 7) is 1.40. The third-order valence-corrected chi connectivity index (χ3v) is 4.40. The van der Waals surface area contributed by atoms with Crippen LogP contribution in [-0.4, -0.2) is 51.2 Å². The number of carbonyl (C=O) groups excluding carboxylic acids is 1. The summed E-state index contributed by atoms with van der Waals surface area (Å²) in [5, 5.41) is 13.5. The van der Waals surface area contributed by atoms with Crippen LogP contribution in [-0.2, 0) is 0 Å². The normalized spacial score (nSPS) is 21.6. The summed E-state index contributed by atoms with van der Waals surface area (Å²) >= 11 is 1.28. The van der Waals surface area contributed by atoms with E-state index in [9.17, 15) is 9.90 Å². The maximum Gasteiger partial charge on any atom is 0.263 e. The molecule has 0 aromatic carbocycles. The zero-order chi connectivity index (χ0) is 15.4. The number of nitrogens with one attached hydrogen (secondary N) is 1. The van der Waals surface area contributed by atoms with E-state index in [1.807, 2.05) is 4.90 Å². The van der Waals surface area contributed by atoms with Gasteiger partial charge in [-0.05, 0) is 18.9 Å². The summed E-state index contributed by atoms with van der Waals surface area (Å²) < 4.78 is 0. The maximum atomic E-state index is 12.0. The van der Waals surface area contributed by atoms with Gasteiger partial charge in [-0.1, -0.05) is 0 Å². The second-order valence-corrected chi connectivity index (χ2v) is 6.23. The first-order valence-electron chi connectivity index (χ1n) is 7.07. The molecule has 1 aliphatic heterocycles. The number of aliphatic hydroxyl groups is 1. The van der Waals surface area contributed by atoms with E-state index >= 15 is 0 Å². The predicted molar refractivity (Wildman–Crippen MR) is 82.9 cm³/mol. The molecule has 8 heteroatoms. The van der Waals surface area contributed by atoms with Crippen LogP contribution in [0.4, 0.5) is 5.95 Å². The number of piperidine rings is 1. The second kappa shape index (κ2) is 6.37. The topological polar surface area (TPSA) is 91.2 Å². The summed E-state index contributed by atoms with van der Waals surface area (Å²) in [7, 11) is 0. The van der Waals surface area contributed by atoms with Crippen LogP contribution >= 0.6 is 11.3 Å². The van der Waals surface area contributed by atoms with Gasteiger partial charge in [0.25, 0.3) is 5.91 Å². The fourth-order valence-corrected chi connectivity index (χ4v) is 3.08. The highest BCUT2D eigenvalue weighted by Crippen LogP contribution is 2.23. The van der Waals surface area contributed by atoms with E-state index in [0.717, 1.165) is 13.0 Å². The fraction of sp³-hybridized carbons (Fsp3) is 0.429. The summed E-state index contributed by atoms with van der Waals surface area (Å²) in [5.41, 5.74) is 0.635. The molecule has 1 saturated heterocycles. The molecule has 22 heavy (non-hydrogen) atoms. The van der Waals surface area contributed by atoms with E-state index in [4.69, 9.17) is 0 Å². The van der Waals surface area contributed by atoms with E-state index < -0.39 is 5.60 Å². The summed E-state index contributed by atoms with van der Waals surface area (Å²) in [4.78, 5) is 26.7. The SMILES string of the molecule is O=C(NC[C@]1(O)CCCN(c2ncccn2)C1)c1cncs1. The van der Waals surface area contributed by atoms with Crippen molar-refractivity contribution in [3.63, 3.8) is 0 Å². The van der Waals surface area contributed by atoms with Crippen molar-refractivity contribution in [1.29, 1.82) is 0 Å². The number of aromatic nitrogens is 3.